The average Bonchev–Trinajstić information content (AvgIpc) is 3.65. The highest BCUT2D eigenvalue weighted by Crippen LogP contribution is 2.41. The van der Waals surface area contributed by atoms with Crippen LogP contribution in [0.25, 0.3) is 76.9 Å². The Hall–Kier alpha value is -5.67. The quantitative estimate of drug-likeness (QED) is 0.221. The number of aromatic nitrogens is 3. The topological polar surface area (TPSA) is 22.8 Å². The highest BCUT2D eigenvalue weighted by molar-refractivity contribution is 6.23. The number of benzene rings is 6. The number of hydrogen-bond donors (Lipinski definition) is 0. The van der Waals surface area contributed by atoms with Crippen LogP contribution in [0, 0.1) is 0 Å². The maximum atomic E-state index is 5.20. The summed E-state index contributed by atoms with van der Waals surface area (Å²) in [6.07, 6.45) is 4.22. The molecule has 0 saturated carbocycles. The molecule has 0 atom stereocenters. The molecule has 6 aromatic carbocycles. The van der Waals surface area contributed by atoms with Crippen molar-refractivity contribution in [2.24, 2.45) is 0 Å². The van der Waals surface area contributed by atoms with Crippen molar-refractivity contribution in [3.8, 4) is 22.6 Å². The first-order chi connectivity index (χ1) is 20.9. The van der Waals surface area contributed by atoms with E-state index in [1.807, 2.05) is 6.20 Å². The maximum Gasteiger partial charge on any atom is 0.145 e. The zero-order chi connectivity index (χ0) is 27.6. The largest absolute Gasteiger partial charge is 0.317 e. The van der Waals surface area contributed by atoms with E-state index in [0.29, 0.717) is 0 Å². The van der Waals surface area contributed by atoms with E-state index in [1.165, 1.54) is 48.9 Å². The minimum Gasteiger partial charge on any atom is -0.317 e. The molecule has 196 valence electrons. The molecule has 3 heteroatoms. The van der Waals surface area contributed by atoms with E-state index < -0.39 is 0 Å². The molecule has 3 nitrogen and oxygen atoms in total. The van der Waals surface area contributed by atoms with Gasteiger partial charge in [0.05, 0.1) is 16.6 Å². The molecule has 0 radical (unpaired) electrons. The standard InChI is InChI=1S/C39H25N3/c1-3-11-26(12-4-1)35-25-40-39(34-17-8-7-15-28(34)35)42-37-18-10-9-16-30(37)33-20-19-29-31-23-24-41(27-13-5-2-6-14-27)36(31)22-21-32(29)38(33)42/h1-25H. The van der Waals surface area contributed by atoms with Crippen LogP contribution < -0.4 is 0 Å². The fourth-order valence-corrected chi connectivity index (χ4v) is 6.73. The molecule has 0 aliphatic heterocycles. The highest BCUT2D eigenvalue weighted by Gasteiger charge is 2.19. The number of nitrogens with zero attached hydrogens (tertiary/aromatic N) is 3. The smallest absolute Gasteiger partial charge is 0.145 e. The first kappa shape index (κ1) is 23.1. The molecule has 0 saturated heterocycles. The number of hydrogen-bond acceptors (Lipinski definition) is 1. The van der Waals surface area contributed by atoms with Crippen LogP contribution in [0.1, 0.15) is 0 Å². The van der Waals surface area contributed by atoms with Gasteiger partial charge in [-0.1, -0.05) is 109 Å². The third kappa shape index (κ3) is 3.25. The van der Waals surface area contributed by atoms with E-state index >= 15 is 0 Å². The summed E-state index contributed by atoms with van der Waals surface area (Å²) in [6, 6.07) is 49.8. The lowest BCUT2D eigenvalue weighted by atomic mass is 10.0. The summed E-state index contributed by atoms with van der Waals surface area (Å²) in [6.45, 7) is 0. The van der Waals surface area contributed by atoms with Crippen LogP contribution >= 0.6 is 0 Å². The predicted molar refractivity (Wildman–Crippen MR) is 176 cm³/mol. The van der Waals surface area contributed by atoms with Gasteiger partial charge in [0, 0.05) is 50.6 Å². The lowest BCUT2D eigenvalue weighted by molar-refractivity contribution is 1.11. The summed E-state index contributed by atoms with van der Waals surface area (Å²) in [7, 11) is 0. The molecule has 0 aliphatic rings. The van der Waals surface area contributed by atoms with Crippen LogP contribution in [-0.2, 0) is 0 Å². The predicted octanol–water partition coefficient (Wildman–Crippen LogP) is 10.1. The zero-order valence-corrected chi connectivity index (χ0v) is 22.8. The molecule has 0 unspecified atom stereocenters. The molecule has 0 bridgehead atoms. The first-order valence-electron chi connectivity index (χ1n) is 14.3. The van der Waals surface area contributed by atoms with Gasteiger partial charge < -0.3 is 4.57 Å². The van der Waals surface area contributed by atoms with Crippen molar-refractivity contribution in [3.63, 3.8) is 0 Å². The number of para-hydroxylation sites is 2. The van der Waals surface area contributed by atoms with Gasteiger partial charge >= 0.3 is 0 Å². The van der Waals surface area contributed by atoms with Crippen LogP contribution in [0.2, 0.25) is 0 Å². The van der Waals surface area contributed by atoms with Crippen molar-refractivity contribution in [3.05, 3.63) is 152 Å². The van der Waals surface area contributed by atoms with Gasteiger partial charge in [-0.25, -0.2) is 4.98 Å². The normalized spacial score (nSPS) is 11.8. The van der Waals surface area contributed by atoms with E-state index in [0.717, 1.165) is 28.0 Å². The van der Waals surface area contributed by atoms with Crippen molar-refractivity contribution in [2.45, 2.75) is 0 Å². The lowest BCUT2D eigenvalue weighted by Gasteiger charge is -2.15. The third-order valence-electron chi connectivity index (χ3n) is 8.60. The summed E-state index contributed by atoms with van der Waals surface area (Å²) in [5.41, 5.74) is 7.03. The number of rotatable bonds is 3. The monoisotopic (exact) mass is 535 g/mol. The van der Waals surface area contributed by atoms with E-state index in [9.17, 15) is 0 Å². The molecule has 0 aliphatic carbocycles. The Bertz CT molecular complexity index is 2450. The fraction of sp³-hybridized carbons (Fsp3) is 0. The third-order valence-corrected chi connectivity index (χ3v) is 8.60. The molecular weight excluding hydrogens is 510 g/mol. The Labute approximate surface area is 242 Å². The van der Waals surface area contributed by atoms with E-state index in [1.54, 1.807) is 0 Å². The molecule has 9 aromatic rings. The van der Waals surface area contributed by atoms with Crippen LogP contribution in [0.3, 0.4) is 0 Å². The van der Waals surface area contributed by atoms with Gasteiger partial charge in [0.1, 0.15) is 5.82 Å². The maximum absolute atomic E-state index is 5.20. The molecule has 3 aromatic heterocycles. The second kappa shape index (κ2) is 8.92. The van der Waals surface area contributed by atoms with E-state index in [2.05, 4.69) is 155 Å². The van der Waals surface area contributed by atoms with Gasteiger partial charge in [-0.15, -0.1) is 0 Å². The van der Waals surface area contributed by atoms with Crippen molar-refractivity contribution in [2.75, 3.05) is 0 Å². The van der Waals surface area contributed by atoms with E-state index in [4.69, 9.17) is 4.98 Å². The summed E-state index contributed by atoms with van der Waals surface area (Å²) >= 11 is 0. The van der Waals surface area contributed by atoms with Gasteiger partial charge in [0.15, 0.2) is 0 Å². The van der Waals surface area contributed by atoms with Crippen LogP contribution in [0.5, 0.6) is 0 Å². The molecule has 3 heterocycles. The molecule has 42 heavy (non-hydrogen) atoms. The second-order valence-electron chi connectivity index (χ2n) is 10.8. The Morgan fingerprint density at radius 1 is 0.429 bits per heavy atom. The number of fused-ring (bicyclic) bond motifs is 8. The summed E-state index contributed by atoms with van der Waals surface area (Å²) in [5, 5.41) is 8.50. The zero-order valence-electron chi connectivity index (χ0n) is 22.8. The molecular formula is C39H25N3. The second-order valence-corrected chi connectivity index (χ2v) is 10.8. The summed E-state index contributed by atoms with van der Waals surface area (Å²) < 4.78 is 4.65. The molecule has 0 amide bonds. The van der Waals surface area contributed by atoms with Crippen molar-refractivity contribution < 1.29 is 0 Å². The first-order valence-corrected chi connectivity index (χ1v) is 14.3. The van der Waals surface area contributed by atoms with Gasteiger partial charge in [-0.2, -0.15) is 0 Å². The van der Waals surface area contributed by atoms with Crippen molar-refractivity contribution in [1.82, 2.24) is 14.1 Å². The highest BCUT2D eigenvalue weighted by atomic mass is 15.1. The van der Waals surface area contributed by atoms with Crippen molar-refractivity contribution in [1.29, 1.82) is 0 Å². The Morgan fingerprint density at radius 3 is 1.88 bits per heavy atom. The minimum atomic E-state index is 0.950. The molecule has 0 spiro atoms. The summed E-state index contributed by atoms with van der Waals surface area (Å²) in [5.74, 6) is 0.950. The lowest BCUT2D eigenvalue weighted by Crippen LogP contribution is -2.00. The Balaban J connectivity index is 1.39. The van der Waals surface area contributed by atoms with E-state index in [-0.39, 0.29) is 0 Å². The Morgan fingerprint density at radius 2 is 1.05 bits per heavy atom. The summed E-state index contributed by atoms with van der Waals surface area (Å²) in [4.78, 5) is 5.20. The van der Waals surface area contributed by atoms with Gasteiger partial charge in [0.25, 0.3) is 0 Å². The molecule has 0 fully saturated rings. The minimum absolute atomic E-state index is 0.950. The molecule has 0 N–H and O–H groups in total. The van der Waals surface area contributed by atoms with Crippen LogP contribution in [0.4, 0.5) is 0 Å². The SMILES string of the molecule is c1ccc(-c2cnc(-n3c4ccccc4c4ccc5c6ccn(-c7ccccc7)c6ccc5c43)c3ccccc23)cc1. The molecule has 9 rings (SSSR count). The average molecular weight is 536 g/mol. The van der Waals surface area contributed by atoms with Gasteiger partial charge in [0.2, 0.25) is 0 Å². The van der Waals surface area contributed by atoms with Crippen LogP contribution in [-0.4, -0.2) is 14.1 Å². The van der Waals surface area contributed by atoms with Gasteiger partial charge in [-0.3, -0.25) is 4.57 Å². The van der Waals surface area contributed by atoms with Crippen LogP contribution in [0.15, 0.2) is 152 Å². The van der Waals surface area contributed by atoms with Crippen molar-refractivity contribution >= 4 is 54.3 Å². The fourth-order valence-electron chi connectivity index (χ4n) is 6.73. The van der Waals surface area contributed by atoms with Gasteiger partial charge in [-0.05, 0) is 46.7 Å². The Kier molecular flexibility index (Phi) is 4.90. The number of pyridine rings is 1.